The molecule has 1 aromatic heterocycles. The predicted molar refractivity (Wildman–Crippen MR) is 108 cm³/mol. The normalized spacial score (nSPS) is 23.4. The minimum atomic E-state index is -0.449. The van der Waals surface area contributed by atoms with E-state index in [4.69, 9.17) is 11.6 Å². The molecule has 0 aliphatic carbocycles. The lowest BCUT2D eigenvalue weighted by molar-refractivity contribution is 0.195. The highest BCUT2D eigenvalue weighted by molar-refractivity contribution is 6.36. The smallest absolute Gasteiger partial charge is 0.349 e. The summed E-state index contributed by atoms with van der Waals surface area (Å²) >= 11 is 6.60. The van der Waals surface area contributed by atoms with E-state index in [0.717, 1.165) is 31.7 Å². The maximum absolute atomic E-state index is 15.2. The second-order valence-electron chi connectivity index (χ2n) is 7.91. The quantitative estimate of drug-likeness (QED) is 0.687. The second kappa shape index (κ2) is 6.34. The van der Waals surface area contributed by atoms with Gasteiger partial charge >= 0.3 is 5.69 Å². The number of nitrogens with zero attached hydrogens (tertiary/aromatic N) is 5. The first-order valence-electron chi connectivity index (χ1n) is 9.28. The number of rotatable bonds is 0. The van der Waals surface area contributed by atoms with Gasteiger partial charge in [0, 0.05) is 51.4 Å². The summed E-state index contributed by atoms with van der Waals surface area (Å²) in [5.41, 5.74) is 0.953. The summed E-state index contributed by atoms with van der Waals surface area (Å²) in [6.07, 6.45) is 0.915. The van der Waals surface area contributed by atoms with E-state index < -0.39 is 11.5 Å². The molecule has 27 heavy (non-hydrogen) atoms. The van der Waals surface area contributed by atoms with Crippen molar-refractivity contribution >= 4 is 34.0 Å². The summed E-state index contributed by atoms with van der Waals surface area (Å²) < 4.78 is 16.5. The van der Waals surface area contributed by atoms with Gasteiger partial charge in [-0.05, 0) is 27.3 Å². The van der Waals surface area contributed by atoms with Crippen LogP contribution in [0.3, 0.4) is 0 Å². The minimum absolute atomic E-state index is 0.216. The van der Waals surface area contributed by atoms with E-state index in [-0.39, 0.29) is 11.6 Å². The van der Waals surface area contributed by atoms with Crippen molar-refractivity contribution in [1.82, 2.24) is 14.5 Å². The number of piperazine rings is 1. The minimum Gasteiger partial charge on any atom is -0.373 e. The molecule has 2 aliphatic rings. The highest BCUT2D eigenvalue weighted by atomic mass is 35.5. The van der Waals surface area contributed by atoms with Gasteiger partial charge in [-0.1, -0.05) is 11.6 Å². The lowest BCUT2D eigenvalue weighted by atomic mass is 10.00. The van der Waals surface area contributed by atoms with Crippen molar-refractivity contribution in [1.29, 1.82) is 0 Å². The van der Waals surface area contributed by atoms with Gasteiger partial charge in [0.2, 0.25) is 0 Å². The molecule has 2 unspecified atom stereocenters. The van der Waals surface area contributed by atoms with E-state index in [9.17, 15) is 4.79 Å². The molecule has 1 aromatic carbocycles. The largest absolute Gasteiger partial charge is 0.373 e. The second-order valence-corrected chi connectivity index (χ2v) is 8.29. The molecule has 2 aromatic rings. The number of hydrogen-bond acceptors (Lipinski definition) is 5. The van der Waals surface area contributed by atoms with Crippen molar-refractivity contribution in [2.75, 3.05) is 43.5 Å². The average Bonchev–Trinajstić information content (AvgIpc) is 2.62. The summed E-state index contributed by atoms with van der Waals surface area (Å²) in [5.74, 6) is 0.107. The van der Waals surface area contributed by atoms with Crippen LogP contribution in [0.4, 0.5) is 15.9 Å². The van der Waals surface area contributed by atoms with Crippen molar-refractivity contribution in [3.8, 4) is 0 Å². The topological polar surface area (TPSA) is 44.6 Å². The van der Waals surface area contributed by atoms with Gasteiger partial charge < -0.3 is 9.80 Å². The maximum atomic E-state index is 15.2. The van der Waals surface area contributed by atoms with E-state index in [0.29, 0.717) is 27.8 Å². The Morgan fingerprint density at radius 3 is 2.63 bits per heavy atom. The van der Waals surface area contributed by atoms with Gasteiger partial charge in [-0.25, -0.2) is 9.18 Å². The Morgan fingerprint density at radius 2 is 1.93 bits per heavy atom. The van der Waals surface area contributed by atoms with Crippen LogP contribution in [0.5, 0.6) is 0 Å². The van der Waals surface area contributed by atoms with Crippen LogP contribution in [0.2, 0.25) is 5.02 Å². The molecule has 3 heterocycles. The highest BCUT2D eigenvalue weighted by Crippen LogP contribution is 2.44. The summed E-state index contributed by atoms with van der Waals surface area (Å²) in [5, 5.41) is 1.03. The zero-order valence-electron chi connectivity index (χ0n) is 16.4. The van der Waals surface area contributed by atoms with Crippen LogP contribution >= 0.6 is 11.6 Å². The highest BCUT2D eigenvalue weighted by Gasteiger charge is 2.36. The summed E-state index contributed by atoms with van der Waals surface area (Å²) in [6, 6.07) is 0.529. The fourth-order valence-electron chi connectivity index (χ4n) is 4.34. The number of aryl methyl sites for hydroxylation is 1. The van der Waals surface area contributed by atoms with Crippen molar-refractivity contribution in [3.63, 3.8) is 0 Å². The summed E-state index contributed by atoms with van der Waals surface area (Å²) in [4.78, 5) is 23.6. The Morgan fingerprint density at radius 1 is 1.22 bits per heavy atom. The van der Waals surface area contributed by atoms with E-state index in [1.807, 2.05) is 7.05 Å². The Balaban J connectivity index is 2.13. The van der Waals surface area contributed by atoms with Gasteiger partial charge in [0.15, 0.2) is 5.82 Å². The molecule has 0 spiro atoms. The molecule has 0 bridgehead atoms. The Labute approximate surface area is 163 Å². The van der Waals surface area contributed by atoms with Gasteiger partial charge in [0.05, 0.1) is 21.6 Å². The lowest BCUT2D eigenvalue weighted by Gasteiger charge is -2.46. The van der Waals surface area contributed by atoms with Gasteiger partial charge in [0.25, 0.3) is 0 Å². The van der Waals surface area contributed by atoms with Crippen molar-refractivity contribution in [3.05, 3.63) is 26.9 Å². The standard InChI is InChI=1S/C19H25ClFN5O/c1-10-8-26-12(9-24(10)4)6-7-23(3)16-13-17(15(21)11(2)14(16)20)25(5)19(27)22-18(13)26/h10,12H,6-9H2,1-5H3. The zero-order valence-corrected chi connectivity index (χ0v) is 17.1. The van der Waals surface area contributed by atoms with Gasteiger partial charge in [-0.3, -0.25) is 9.47 Å². The molecule has 1 saturated heterocycles. The van der Waals surface area contributed by atoms with Crippen LogP contribution in [-0.4, -0.2) is 60.3 Å². The fraction of sp³-hybridized carbons (Fsp3) is 0.579. The third-order valence-corrected chi connectivity index (χ3v) is 6.66. The molecular formula is C19H25ClFN5O. The van der Waals surface area contributed by atoms with Gasteiger partial charge in [0.1, 0.15) is 5.82 Å². The van der Waals surface area contributed by atoms with Crippen LogP contribution in [0.1, 0.15) is 18.9 Å². The first-order chi connectivity index (χ1) is 12.7. The fourth-order valence-corrected chi connectivity index (χ4v) is 4.66. The zero-order chi connectivity index (χ0) is 19.6. The number of aromatic nitrogens is 2. The maximum Gasteiger partial charge on any atom is 0.349 e. The number of anilines is 2. The van der Waals surface area contributed by atoms with Crippen molar-refractivity contribution in [2.24, 2.45) is 7.05 Å². The number of likely N-dealkylation sites (N-methyl/N-ethyl adjacent to an activating group) is 1. The first kappa shape index (κ1) is 18.5. The third-order valence-electron chi connectivity index (χ3n) is 6.20. The molecular weight excluding hydrogens is 369 g/mol. The molecule has 0 amide bonds. The van der Waals surface area contributed by atoms with E-state index >= 15 is 4.39 Å². The Kier molecular flexibility index (Phi) is 4.35. The summed E-state index contributed by atoms with van der Waals surface area (Å²) in [7, 11) is 5.65. The number of fused-ring (bicyclic) bond motifs is 2. The van der Waals surface area contributed by atoms with Crippen molar-refractivity contribution < 1.29 is 4.39 Å². The van der Waals surface area contributed by atoms with Crippen LogP contribution in [0.15, 0.2) is 4.79 Å². The molecule has 8 heteroatoms. The van der Waals surface area contributed by atoms with Crippen LogP contribution in [0, 0.1) is 12.7 Å². The SMILES string of the molecule is Cc1c(Cl)c2c3c(nc(=O)n(C)c3c1F)N1CC(C)N(C)CC1CCN2C. The molecule has 2 atom stereocenters. The lowest BCUT2D eigenvalue weighted by Crippen LogP contribution is -2.57. The Bertz CT molecular complexity index is 991. The molecule has 146 valence electrons. The number of benzene rings is 1. The Hall–Kier alpha value is -1.86. The molecule has 2 aliphatic heterocycles. The third kappa shape index (κ3) is 2.63. The van der Waals surface area contributed by atoms with Crippen molar-refractivity contribution in [2.45, 2.75) is 32.4 Å². The van der Waals surface area contributed by atoms with Crippen LogP contribution in [-0.2, 0) is 7.05 Å². The van der Waals surface area contributed by atoms with Crippen LogP contribution in [0.25, 0.3) is 10.9 Å². The average molecular weight is 394 g/mol. The monoisotopic (exact) mass is 393 g/mol. The first-order valence-corrected chi connectivity index (χ1v) is 9.66. The van der Waals surface area contributed by atoms with Crippen LogP contribution < -0.4 is 15.5 Å². The molecule has 0 radical (unpaired) electrons. The predicted octanol–water partition coefficient (Wildman–Crippen LogP) is 2.38. The van der Waals surface area contributed by atoms with E-state index in [1.54, 1.807) is 14.0 Å². The summed E-state index contributed by atoms with van der Waals surface area (Å²) in [6.45, 7) is 6.23. The number of halogens is 2. The molecule has 0 saturated carbocycles. The van der Waals surface area contributed by atoms with E-state index in [1.165, 1.54) is 4.57 Å². The van der Waals surface area contributed by atoms with Gasteiger partial charge in [-0.2, -0.15) is 4.98 Å². The molecule has 0 N–H and O–H groups in total. The number of hydrogen-bond donors (Lipinski definition) is 0. The van der Waals surface area contributed by atoms with E-state index in [2.05, 4.69) is 33.7 Å². The molecule has 4 rings (SSSR count). The molecule has 1 fully saturated rings. The van der Waals surface area contributed by atoms with Gasteiger partial charge in [-0.15, -0.1) is 0 Å². The molecule has 6 nitrogen and oxygen atoms in total.